The topological polar surface area (TPSA) is 119 Å². The monoisotopic (exact) mass is 520 g/mol. The lowest BCUT2D eigenvalue weighted by atomic mass is 9.84. The number of halogens is 3. The van der Waals surface area contributed by atoms with Crippen molar-refractivity contribution in [3.63, 3.8) is 0 Å². The highest BCUT2D eigenvalue weighted by Crippen LogP contribution is 2.40. The molecule has 9 nitrogen and oxygen atoms in total. The summed E-state index contributed by atoms with van der Waals surface area (Å²) >= 11 is 0. The van der Waals surface area contributed by atoms with Crippen LogP contribution in [0.25, 0.3) is 0 Å². The number of sulfonamides is 1. The van der Waals surface area contributed by atoms with Crippen LogP contribution >= 0.6 is 0 Å². The van der Waals surface area contributed by atoms with Gasteiger partial charge >= 0.3 is 12.3 Å². The van der Waals surface area contributed by atoms with Gasteiger partial charge in [-0.25, -0.2) is 13.2 Å². The zero-order valence-electron chi connectivity index (χ0n) is 19.5. The van der Waals surface area contributed by atoms with Crippen LogP contribution in [0.1, 0.15) is 49.7 Å². The molecule has 2 aliphatic heterocycles. The van der Waals surface area contributed by atoms with E-state index in [2.05, 4.69) is 10.2 Å². The van der Waals surface area contributed by atoms with Gasteiger partial charge < -0.3 is 15.3 Å². The highest BCUT2D eigenvalue weighted by molar-refractivity contribution is 7.89. The maximum Gasteiger partial charge on any atom is 0.416 e. The van der Waals surface area contributed by atoms with Crippen LogP contribution in [0.15, 0.2) is 18.2 Å². The van der Waals surface area contributed by atoms with Crippen molar-refractivity contribution in [2.45, 2.75) is 56.8 Å². The number of anilines is 1. The SMILES string of the molecule is CS(=O)(=O)NC(=O)CCCNc1cc(C(F)(F)F)ccc1CN1CCCC12CCN(C(=O)O)CC2. The third-order valence-corrected chi connectivity index (χ3v) is 7.30. The van der Waals surface area contributed by atoms with Gasteiger partial charge in [-0.2, -0.15) is 13.2 Å². The van der Waals surface area contributed by atoms with Gasteiger partial charge in [0.1, 0.15) is 0 Å². The number of piperidine rings is 1. The molecule has 1 aromatic rings. The lowest BCUT2D eigenvalue weighted by Crippen LogP contribution is -2.52. The average Bonchev–Trinajstić information content (AvgIpc) is 3.12. The Bertz CT molecular complexity index is 1040. The quantitative estimate of drug-likeness (QED) is 0.451. The van der Waals surface area contributed by atoms with Crippen molar-refractivity contribution in [2.24, 2.45) is 0 Å². The molecule has 0 atom stereocenters. The van der Waals surface area contributed by atoms with Crippen molar-refractivity contribution >= 4 is 27.7 Å². The molecule has 0 radical (unpaired) electrons. The Labute approximate surface area is 202 Å². The van der Waals surface area contributed by atoms with Crippen LogP contribution in [0.3, 0.4) is 0 Å². The Morgan fingerprint density at radius 2 is 1.83 bits per heavy atom. The minimum atomic E-state index is -4.51. The Kier molecular flexibility index (Phi) is 8.20. The lowest BCUT2D eigenvalue weighted by molar-refractivity contribution is -0.137. The molecule has 1 spiro atoms. The number of alkyl halides is 3. The number of hydrogen-bond donors (Lipinski definition) is 3. The van der Waals surface area contributed by atoms with E-state index in [1.54, 1.807) is 0 Å². The van der Waals surface area contributed by atoms with Crippen LogP contribution in [0, 0.1) is 0 Å². The highest BCUT2D eigenvalue weighted by Gasteiger charge is 2.44. The highest BCUT2D eigenvalue weighted by atomic mass is 32.2. The summed E-state index contributed by atoms with van der Waals surface area (Å²) in [6.07, 6.45) is -1.23. The molecule has 0 aliphatic carbocycles. The molecule has 13 heteroatoms. The Morgan fingerprint density at radius 1 is 1.14 bits per heavy atom. The van der Waals surface area contributed by atoms with E-state index in [0.717, 1.165) is 37.8 Å². The Hall–Kier alpha value is -2.54. The summed E-state index contributed by atoms with van der Waals surface area (Å²) < 4.78 is 64.1. The number of benzene rings is 1. The van der Waals surface area contributed by atoms with Gasteiger partial charge in [0.05, 0.1) is 11.8 Å². The second-order valence-corrected chi connectivity index (χ2v) is 11.0. The number of hydrogen-bond acceptors (Lipinski definition) is 6. The van der Waals surface area contributed by atoms with E-state index in [1.807, 2.05) is 4.72 Å². The van der Waals surface area contributed by atoms with Crippen LogP contribution in [0.2, 0.25) is 0 Å². The smallest absolute Gasteiger partial charge is 0.416 e. The third kappa shape index (κ3) is 7.23. The van der Waals surface area contributed by atoms with Gasteiger partial charge in [0.25, 0.3) is 0 Å². The normalized spacial score (nSPS) is 18.6. The molecule has 35 heavy (non-hydrogen) atoms. The van der Waals surface area contributed by atoms with Crippen molar-refractivity contribution in [1.29, 1.82) is 0 Å². The zero-order valence-corrected chi connectivity index (χ0v) is 20.3. The van der Waals surface area contributed by atoms with Crippen molar-refractivity contribution in [3.8, 4) is 0 Å². The molecule has 0 saturated carbocycles. The fourth-order valence-electron chi connectivity index (χ4n) is 4.91. The number of nitrogens with zero attached hydrogens (tertiary/aromatic N) is 2. The first kappa shape index (κ1) is 27.1. The van der Waals surface area contributed by atoms with Crippen molar-refractivity contribution in [2.75, 3.05) is 37.8 Å². The molecule has 0 aromatic heterocycles. The standard InChI is InChI=1S/C22H31F3N4O5S/c1-35(33,34)27-19(30)4-2-10-26-18-14-17(22(23,24)25)6-5-16(18)15-29-11-3-7-21(29)8-12-28(13-9-21)20(31)32/h5-6,14,26H,2-4,7-13,15H2,1H3,(H,27,30)(H,31,32). The molecule has 0 unspecified atom stereocenters. The van der Waals surface area contributed by atoms with Crippen LogP contribution < -0.4 is 10.0 Å². The minimum absolute atomic E-state index is 0.0936. The molecule has 0 bridgehead atoms. The van der Waals surface area contributed by atoms with Crippen LogP contribution in [0.4, 0.5) is 23.7 Å². The fraction of sp³-hybridized carbons (Fsp3) is 0.636. The molecular formula is C22H31F3N4O5S. The predicted molar refractivity (Wildman–Crippen MR) is 123 cm³/mol. The zero-order chi connectivity index (χ0) is 25.9. The number of carbonyl (C=O) groups excluding carboxylic acids is 1. The molecule has 2 heterocycles. The van der Waals surface area contributed by atoms with E-state index in [0.29, 0.717) is 43.7 Å². The second-order valence-electron chi connectivity index (χ2n) is 9.22. The summed E-state index contributed by atoms with van der Waals surface area (Å²) in [5.74, 6) is -0.676. The van der Waals surface area contributed by atoms with E-state index in [4.69, 9.17) is 0 Å². The van der Waals surface area contributed by atoms with E-state index in [-0.39, 0.29) is 24.9 Å². The number of likely N-dealkylation sites (tertiary alicyclic amines) is 2. The molecule has 3 rings (SSSR count). The molecule has 2 amide bonds. The molecule has 2 fully saturated rings. The van der Waals surface area contributed by atoms with E-state index in [1.165, 1.54) is 11.0 Å². The van der Waals surface area contributed by atoms with Gasteiger partial charge in [0, 0.05) is 43.8 Å². The number of nitrogens with one attached hydrogen (secondary N) is 2. The summed E-state index contributed by atoms with van der Waals surface area (Å²) in [5.41, 5.74) is 0.0358. The van der Waals surface area contributed by atoms with E-state index in [9.17, 15) is 36.3 Å². The first-order valence-electron chi connectivity index (χ1n) is 11.5. The van der Waals surface area contributed by atoms with Gasteiger partial charge in [-0.05, 0) is 56.3 Å². The fourth-order valence-corrected chi connectivity index (χ4v) is 5.43. The maximum atomic E-state index is 13.3. The van der Waals surface area contributed by atoms with Gasteiger partial charge in [-0.1, -0.05) is 6.07 Å². The van der Waals surface area contributed by atoms with Crippen LogP contribution in [-0.4, -0.2) is 73.3 Å². The van der Waals surface area contributed by atoms with Gasteiger partial charge in [0.2, 0.25) is 15.9 Å². The molecular weight excluding hydrogens is 489 g/mol. The van der Waals surface area contributed by atoms with Crippen LogP contribution in [-0.2, 0) is 27.5 Å². The first-order valence-corrected chi connectivity index (χ1v) is 13.4. The molecule has 2 saturated heterocycles. The molecule has 2 aliphatic rings. The summed E-state index contributed by atoms with van der Waals surface area (Å²) in [6, 6.07) is 3.57. The van der Waals surface area contributed by atoms with E-state index >= 15 is 0 Å². The number of amides is 2. The number of carbonyl (C=O) groups is 2. The van der Waals surface area contributed by atoms with E-state index < -0.39 is 33.8 Å². The third-order valence-electron chi connectivity index (χ3n) is 6.70. The maximum absolute atomic E-state index is 13.3. The average molecular weight is 521 g/mol. The number of carboxylic acid groups (broad SMARTS) is 1. The van der Waals surface area contributed by atoms with Crippen molar-refractivity contribution in [3.05, 3.63) is 29.3 Å². The Balaban J connectivity index is 1.70. The van der Waals surface area contributed by atoms with Crippen LogP contribution in [0.5, 0.6) is 0 Å². The molecule has 3 N–H and O–H groups in total. The van der Waals surface area contributed by atoms with Crippen molar-refractivity contribution < 1.29 is 36.3 Å². The number of rotatable bonds is 8. The largest absolute Gasteiger partial charge is 0.465 e. The molecule has 1 aromatic carbocycles. The van der Waals surface area contributed by atoms with Crippen molar-refractivity contribution in [1.82, 2.24) is 14.5 Å². The minimum Gasteiger partial charge on any atom is -0.465 e. The second kappa shape index (κ2) is 10.6. The molecule has 196 valence electrons. The summed E-state index contributed by atoms with van der Waals surface area (Å²) in [5, 5.41) is 12.2. The first-order chi connectivity index (χ1) is 16.3. The Morgan fingerprint density at radius 3 is 2.43 bits per heavy atom. The summed E-state index contributed by atoms with van der Waals surface area (Å²) in [7, 11) is -3.66. The van der Waals surface area contributed by atoms with Gasteiger partial charge in [-0.15, -0.1) is 0 Å². The van der Waals surface area contributed by atoms with Gasteiger partial charge in [-0.3, -0.25) is 14.4 Å². The summed E-state index contributed by atoms with van der Waals surface area (Å²) in [4.78, 5) is 26.6. The summed E-state index contributed by atoms with van der Waals surface area (Å²) in [6.45, 7) is 2.24. The lowest BCUT2D eigenvalue weighted by Gasteiger charge is -2.44. The van der Waals surface area contributed by atoms with Gasteiger partial charge in [0.15, 0.2) is 0 Å². The predicted octanol–water partition coefficient (Wildman–Crippen LogP) is 3.08.